The van der Waals surface area contributed by atoms with Crippen LogP contribution in [-0.4, -0.2) is 55.9 Å². The molecule has 0 heterocycles. The van der Waals surface area contributed by atoms with E-state index >= 15 is 0 Å². The molecule has 0 amide bonds. The lowest BCUT2D eigenvalue weighted by Crippen LogP contribution is -2.35. The Labute approximate surface area is 102 Å². The summed E-state index contributed by atoms with van der Waals surface area (Å²) in [6.45, 7) is 2.34. The number of hydrogen-bond donors (Lipinski definition) is 1. The normalized spacial score (nSPS) is 24.2. The first-order valence-electron chi connectivity index (χ1n) is 6.28. The first-order chi connectivity index (χ1) is 8.03. The van der Waals surface area contributed by atoms with Crippen molar-refractivity contribution in [3.05, 3.63) is 0 Å². The van der Waals surface area contributed by atoms with Gasteiger partial charge in [0.15, 0.2) is 0 Å². The van der Waals surface area contributed by atoms with E-state index in [1.807, 2.05) is 11.9 Å². The van der Waals surface area contributed by atoms with Crippen LogP contribution in [0.3, 0.4) is 0 Å². The van der Waals surface area contributed by atoms with Crippen LogP contribution in [0.4, 0.5) is 8.78 Å². The highest BCUT2D eigenvalue weighted by atomic mass is 19.3. The number of aliphatic hydroxyl groups is 1. The Morgan fingerprint density at radius 3 is 2.82 bits per heavy atom. The van der Waals surface area contributed by atoms with E-state index in [0.717, 1.165) is 13.0 Å². The van der Waals surface area contributed by atoms with Crippen molar-refractivity contribution in [2.75, 3.05) is 40.0 Å². The van der Waals surface area contributed by atoms with Gasteiger partial charge in [-0.05, 0) is 25.8 Å². The maximum atomic E-state index is 13.2. The molecule has 0 aromatic carbocycles. The minimum absolute atomic E-state index is 0.0227. The quantitative estimate of drug-likeness (QED) is 0.700. The first-order valence-corrected chi connectivity index (χ1v) is 6.28. The zero-order valence-electron chi connectivity index (χ0n) is 10.5. The molecule has 0 saturated heterocycles. The van der Waals surface area contributed by atoms with Crippen LogP contribution in [0.15, 0.2) is 0 Å². The summed E-state index contributed by atoms with van der Waals surface area (Å²) in [6.07, 6.45) is 1.60. The van der Waals surface area contributed by atoms with E-state index < -0.39 is 5.92 Å². The van der Waals surface area contributed by atoms with Crippen molar-refractivity contribution in [1.82, 2.24) is 4.90 Å². The van der Waals surface area contributed by atoms with E-state index in [9.17, 15) is 8.78 Å². The van der Waals surface area contributed by atoms with Gasteiger partial charge in [0.2, 0.25) is 5.92 Å². The van der Waals surface area contributed by atoms with Crippen molar-refractivity contribution < 1.29 is 18.6 Å². The maximum absolute atomic E-state index is 13.2. The summed E-state index contributed by atoms with van der Waals surface area (Å²) in [4.78, 5) is 2.03. The Morgan fingerprint density at radius 2 is 2.18 bits per heavy atom. The Hall–Kier alpha value is -0.260. The van der Waals surface area contributed by atoms with Crippen molar-refractivity contribution in [2.45, 2.75) is 31.6 Å². The molecule has 0 bridgehead atoms. The van der Waals surface area contributed by atoms with Gasteiger partial charge >= 0.3 is 0 Å². The summed E-state index contributed by atoms with van der Waals surface area (Å²) < 4.78 is 31.5. The van der Waals surface area contributed by atoms with E-state index in [1.54, 1.807) is 0 Å². The highest BCUT2D eigenvalue weighted by Crippen LogP contribution is 2.36. The fraction of sp³-hybridized carbons (Fsp3) is 1.00. The van der Waals surface area contributed by atoms with Gasteiger partial charge in [0.1, 0.15) is 0 Å². The Bertz CT molecular complexity index is 215. The summed E-state index contributed by atoms with van der Waals surface area (Å²) >= 11 is 0. The molecule has 1 aliphatic carbocycles. The predicted octanol–water partition coefficient (Wildman–Crippen LogP) is 1.75. The highest BCUT2D eigenvalue weighted by molar-refractivity contribution is 4.79. The fourth-order valence-corrected chi connectivity index (χ4v) is 2.35. The minimum atomic E-state index is -2.46. The molecule has 0 radical (unpaired) electrons. The lowest BCUT2D eigenvalue weighted by molar-refractivity contribution is -0.0566. The topological polar surface area (TPSA) is 32.7 Å². The number of ether oxygens (including phenoxy) is 1. The molecule has 1 atom stereocenters. The largest absolute Gasteiger partial charge is 0.394 e. The van der Waals surface area contributed by atoms with Crippen LogP contribution >= 0.6 is 0 Å². The second kappa shape index (κ2) is 7.24. The van der Waals surface area contributed by atoms with Crippen molar-refractivity contribution in [2.24, 2.45) is 5.92 Å². The molecular weight excluding hydrogens is 228 g/mol. The van der Waals surface area contributed by atoms with E-state index in [2.05, 4.69) is 0 Å². The molecule has 1 saturated carbocycles. The van der Waals surface area contributed by atoms with E-state index in [0.29, 0.717) is 26.2 Å². The SMILES string of the molecule is CN(CCOCCO)CC1CCCC(F)(F)C1. The third kappa shape index (κ3) is 6.29. The molecule has 102 valence electrons. The second-order valence-corrected chi connectivity index (χ2v) is 4.92. The Balaban J connectivity index is 2.15. The molecule has 0 aliphatic heterocycles. The highest BCUT2D eigenvalue weighted by Gasteiger charge is 2.36. The molecule has 1 unspecified atom stereocenters. The van der Waals surface area contributed by atoms with E-state index in [4.69, 9.17) is 9.84 Å². The molecule has 1 fully saturated rings. The van der Waals surface area contributed by atoms with Crippen molar-refractivity contribution in [3.8, 4) is 0 Å². The van der Waals surface area contributed by atoms with E-state index in [-0.39, 0.29) is 25.4 Å². The van der Waals surface area contributed by atoms with Gasteiger partial charge in [-0.1, -0.05) is 0 Å². The van der Waals surface area contributed by atoms with Crippen molar-refractivity contribution in [3.63, 3.8) is 0 Å². The zero-order valence-corrected chi connectivity index (χ0v) is 10.5. The fourth-order valence-electron chi connectivity index (χ4n) is 2.35. The lowest BCUT2D eigenvalue weighted by Gasteiger charge is -2.31. The number of rotatable bonds is 7. The molecule has 0 aromatic heterocycles. The van der Waals surface area contributed by atoms with Gasteiger partial charge in [0.25, 0.3) is 0 Å². The smallest absolute Gasteiger partial charge is 0.248 e. The van der Waals surface area contributed by atoms with E-state index in [1.165, 1.54) is 0 Å². The molecule has 1 aliphatic rings. The maximum Gasteiger partial charge on any atom is 0.248 e. The van der Waals surface area contributed by atoms with Gasteiger partial charge in [-0.25, -0.2) is 8.78 Å². The number of halogens is 2. The summed E-state index contributed by atoms with van der Waals surface area (Å²) in [7, 11) is 1.93. The number of alkyl halides is 2. The van der Waals surface area contributed by atoms with Gasteiger partial charge in [-0.3, -0.25) is 0 Å². The molecular formula is C12H23F2NO2. The predicted molar refractivity (Wildman–Crippen MR) is 62.3 cm³/mol. The standard InChI is InChI=1S/C12H23F2NO2/c1-15(5-7-17-8-6-16)10-11-3-2-4-12(13,14)9-11/h11,16H,2-10H2,1H3. The lowest BCUT2D eigenvalue weighted by atomic mass is 9.86. The van der Waals surface area contributed by atoms with Crippen LogP contribution in [-0.2, 0) is 4.74 Å². The number of likely N-dealkylation sites (N-methyl/N-ethyl adjacent to an activating group) is 1. The number of hydrogen-bond acceptors (Lipinski definition) is 3. The average molecular weight is 251 g/mol. The number of nitrogens with zero attached hydrogens (tertiary/aromatic N) is 1. The average Bonchev–Trinajstić information content (AvgIpc) is 2.23. The third-order valence-electron chi connectivity index (χ3n) is 3.17. The molecule has 3 nitrogen and oxygen atoms in total. The summed E-state index contributed by atoms with van der Waals surface area (Å²) in [5.41, 5.74) is 0. The van der Waals surface area contributed by atoms with Gasteiger partial charge in [0.05, 0.1) is 19.8 Å². The summed E-state index contributed by atoms with van der Waals surface area (Å²) in [5, 5.41) is 8.53. The monoisotopic (exact) mass is 251 g/mol. The van der Waals surface area contributed by atoms with Crippen LogP contribution in [0, 0.1) is 5.92 Å². The van der Waals surface area contributed by atoms with Crippen LogP contribution in [0.5, 0.6) is 0 Å². The molecule has 1 rings (SSSR count). The molecule has 17 heavy (non-hydrogen) atoms. The van der Waals surface area contributed by atoms with Crippen LogP contribution < -0.4 is 0 Å². The third-order valence-corrected chi connectivity index (χ3v) is 3.17. The minimum Gasteiger partial charge on any atom is -0.394 e. The molecule has 0 spiro atoms. The molecule has 5 heteroatoms. The first kappa shape index (κ1) is 14.8. The number of aliphatic hydroxyl groups excluding tert-OH is 1. The van der Waals surface area contributed by atoms with Gasteiger partial charge in [-0.2, -0.15) is 0 Å². The molecule has 0 aromatic rings. The van der Waals surface area contributed by atoms with Gasteiger partial charge < -0.3 is 14.7 Å². The Kier molecular flexibility index (Phi) is 6.30. The van der Waals surface area contributed by atoms with Gasteiger partial charge in [-0.15, -0.1) is 0 Å². The van der Waals surface area contributed by atoms with Crippen LogP contribution in [0.25, 0.3) is 0 Å². The zero-order chi connectivity index (χ0) is 12.7. The summed E-state index contributed by atoms with van der Waals surface area (Å²) in [6, 6.07) is 0. The summed E-state index contributed by atoms with van der Waals surface area (Å²) in [5.74, 6) is -2.36. The Morgan fingerprint density at radius 1 is 1.41 bits per heavy atom. The van der Waals surface area contributed by atoms with Crippen LogP contribution in [0.2, 0.25) is 0 Å². The second-order valence-electron chi connectivity index (χ2n) is 4.92. The van der Waals surface area contributed by atoms with Crippen molar-refractivity contribution >= 4 is 0 Å². The molecule has 1 N–H and O–H groups in total. The van der Waals surface area contributed by atoms with Crippen molar-refractivity contribution in [1.29, 1.82) is 0 Å². The van der Waals surface area contributed by atoms with Gasteiger partial charge in [0, 0.05) is 25.9 Å². The van der Waals surface area contributed by atoms with Crippen LogP contribution in [0.1, 0.15) is 25.7 Å².